The molecular weight excluding hydrogens is 372 g/mol. The summed E-state index contributed by atoms with van der Waals surface area (Å²) < 4.78 is 6.45. The van der Waals surface area contributed by atoms with Crippen molar-refractivity contribution in [2.75, 3.05) is 11.9 Å². The predicted molar refractivity (Wildman–Crippen MR) is 96.9 cm³/mol. The highest BCUT2D eigenvalue weighted by atomic mass is 79.9. The number of nitrogens with one attached hydrogen (secondary N) is 2. The van der Waals surface area contributed by atoms with Crippen molar-refractivity contribution in [2.45, 2.75) is 19.9 Å². The van der Waals surface area contributed by atoms with E-state index in [4.69, 9.17) is 4.74 Å². The average molecular weight is 391 g/mol. The monoisotopic (exact) mass is 390 g/mol. The third-order valence-corrected chi connectivity index (χ3v) is 3.82. The van der Waals surface area contributed by atoms with Crippen LogP contribution in [0.3, 0.4) is 0 Å². The number of halogens is 1. The van der Waals surface area contributed by atoms with Crippen LogP contribution in [0, 0.1) is 0 Å². The van der Waals surface area contributed by atoms with Crippen molar-refractivity contribution in [1.82, 2.24) is 5.32 Å². The van der Waals surface area contributed by atoms with Gasteiger partial charge in [0.15, 0.2) is 6.61 Å². The Labute approximate surface area is 149 Å². The van der Waals surface area contributed by atoms with Crippen LogP contribution in [0.2, 0.25) is 0 Å². The van der Waals surface area contributed by atoms with Gasteiger partial charge in [0.1, 0.15) is 5.75 Å². The molecule has 0 aliphatic rings. The smallest absolute Gasteiger partial charge is 0.258 e. The fourth-order valence-corrected chi connectivity index (χ4v) is 2.37. The van der Waals surface area contributed by atoms with Crippen molar-refractivity contribution in [1.29, 1.82) is 0 Å². The maximum atomic E-state index is 12.0. The van der Waals surface area contributed by atoms with Crippen molar-refractivity contribution < 1.29 is 14.3 Å². The molecule has 2 aromatic rings. The Kier molecular flexibility index (Phi) is 6.37. The van der Waals surface area contributed by atoms with Gasteiger partial charge in [-0.15, -0.1) is 0 Å². The first-order valence-corrected chi connectivity index (χ1v) is 8.28. The van der Waals surface area contributed by atoms with Gasteiger partial charge in [0, 0.05) is 17.1 Å². The summed E-state index contributed by atoms with van der Waals surface area (Å²) >= 11 is 3.38. The van der Waals surface area contributed by atoms with Crippen LogP contribution in [0.4, 0.5) is 5.69 Å². The summed E-state index contributed by atoms with van der Waals surface area (Å²) in [5.74, 6) is 0.233. The van der Waals surface area contributed by atoms with Gasteiger partial charge in [0.05, 0.1) is 6.04 Å². The number of carbonyl (C=O) groups excluding carboxylic acids is 2. The van der Waals surface area contributed by atoms with E-state index >= 15 is 0 Å². The lowest BCUT2D eigenvalue weighted by Gasteiger charge is -2.15. The molecule has 5 nitrogen and oxygen atoms in total. The fourth-order valence-electron chi connectivity index (χ4n) is 2.10. The largest absolute Gasteiger partial charge is 0.484 e. The maximum absolute atomic E-state index is 12.0. The lowest BCUT2D eigenvalue weighted by atomic mass is 10.1. The van der Waals surface area contributed by atoms with E-state index in [1.165, 1.54) is 6.92 Å². The normalized spacial score (nSPS) is 11.5. The van der Waals surface area contributed by atoms with Crippen molar-refractivity contribution in [3.63, 3.8) is 0 Å². The van der Waals surface area contributed by atoms with E-state index in [0.717, 1.165) is 10.0 Å². The predicted octanol–water partition coefficient (Wildman–Crippen LogP) is 3.66. The molecule has 0 aliphatic heterocycles. The molecule has 2 amide bonds. The Morgan fingerprint density at radius 1 is 1.08 bits per heavy atom. The number of hydrogen-bond acceptors (Lipinski definition) is 3. The molecule has 2 aromatic carbocycles. The first-order valence-electron chi connectivity index (χ1n) is 7.49. The Morgan fingerprint density at radius 2 is 1.71 bits per heavy atom. The standard InChI is InChI=1S/C18H19BrN2O3/c1-12(14-3-5-15(19)6-4-14)20-18(23)11-24-17-9-7-16(8-10-17)21-13(2)22/h3-10,12H,11H2,1-2H3,(H,20,23)(H,21,22)/t12-/m0/s1. The Balaban J connectivity index is 1.82. The summed E-state index contributed by atoms with van der Waals surface area (Å²) in [5.41, 5.74) is 1.70. The Bertz CT molecular complexity index is 699. The molecule has 24 heavy (non-hydrogen) atoms. The first-order chi connectivity index (χ1) is 11.4. The van der Waals surface area contributed by atoms with Gasteiger partial charge in [-0.05, 0) is 48.9 Å². The molecule has 0 saturated carbocycles. The van der Waals surface area contributed by atoms with Crippen LogP contribution in [0.1, 0.15) is 25.5 Å². The first kappa shape index (κ1) is 18.0. The van der Waals surface area contributed by atoms with Gasteiger partial charge in [-0.1, -0.05) is 28.1 Å². The second-order valence-corrected chi connectivity index (χ2v) is 6.25. The van der Waals surface area contributed by atoms with Crippen molar-refractivity contribution in [3.05, 3.63) is 58.6 Å². The number of benzene rings is 2. The second-order valence-electron chi connectivity index (χ2n) is 5.33. The van der Waals surface area contributed by atoms with Crippen molar-refractivity contribution >= 4 is 33.4 Å². The molecule has 6 heteroatoms. The van der Waals surface area contributed by atoms with Gasteiger partial charge in [-0.2, -0.15) is 0 Å². The number of carbonyl (C=O) groups is 2. The second kappa shape index (κ2) is 8.49. The lowest BCUT2D eigenvalue weighted by molar-refractivity contribution is -0.123. The quantitative estimate of drug-likeness (QED) is 0.790. The zero-order valence-electron chi connectivity index (χ0n) is 13.5. The molecule has 0 spiro atoms. The Morgan fingerprint density at radius 3 is 2.29 bits per heavy atom. The van der Waals surface area contributed by atoms with E-state index < -0.39 is 0 Å². The Hall–Kier alpha value is -2.34. The van der Waals surface area contributed by atoms with Gasteiger partial charge >= 0.3 is 0 Å². The summed E-state index contributed by atoms with van der Waals surface area (Å²) in [7, 11) is 0. The highest BCUT2D eigenvalue weighted by molar-refractivity contribution is 9.10. The number of hydrogen-bond donors (Lipinski definition) is 2. The molecule has 126 valence electrons. The third-order valence-electron chi connectivity index (χ3n) is 3.29. The van der Waals surface area contributed by atoms with Crippen LogP contribution in [-0.4, -0.2) is 18.4 Å². The number of ether oxygens (including phenoxy) is 1. The van der Waals surface area contributed by atoms with E-state index in [-0.39, 0.29) is 24.5 Å². The van der Waals surface area contributed by atoms with Gasteiger partial charge in [0.25, 0.3) is 5.91 Å². The van der Waals surface area contributed by atoms with Gasteiger partial charge in [-0.25, -0.2) is 0 Å². The highest BCUT2D eigenvalue weighted by Gasteiger charge is 2.10. The van der Waals surface area contributed by atoms with Crippen LogP contribution in [0.25, 0.3) is 0 Å². The van der Waals surface area contributed by atoms with Crippen LogP contribution < -0.4 is 15.4 Å². The van der Waals surface area contributed by atoms with Crippen LogP contribution in [0.5, 0.6) is 5.75 Å². The highest BCUT2D eigenvalue weighted by Crippen LogP contribution is 2.17. The maximum Gasteiger partial charge on any atom is 0.258 e. The number of rotatable bonds is 6. The molecule has 0 fully saturated rings. The summed E-state index contributed by atoms with van der Waals surface area (Å²) in [6.07, 6.45) is 0. The molecular formula is C18H19BrN2O3. The lowest BCUT2D eigenvalue weighted by Crippen LogP contribution is -2.31. The molecule has 1 atom stereocenters. The van der Waals surface area contributed by atoms with Gasteiger partial charge < -0.3 is 15.4 Å². The zero-order valence-corrected chi connectivity index (χ0v) is 15.1. The number of anilines is 1. The molecule has 2 N–H and O–H groups in total. The van der Waals surface area contributed by atoms with Gasteiger partial charge in [0.2, 0.25) is 5.91 Å². The van der Waals surface area contributed by atoms with Crippen molar-refractivity contribution in [3.8, 4) is 5.75 Å². The van der Waals surface area contributed by atoms with E-state index in [2.05, 4.69) is 26.6 Å². The van der Waals surface area contributed by atoms with E-state index in [9.17, 15) is 9.59 Å². The molecule has 0 bridgehead atoms. The van der Waals surface area contributed by atoms with Gasteiger partial charge in [-0.3, -0.25) is 9.59 Å². The minimum Gasteiger partial charge on any atom is -0.484 e. The van der Waals surface area contributed by atoms with E-state index in [1.54, 1.807) is 24.3 Å². The summed E-state index contributed by atoms with van der Waals surface area (Å²) in [6, 6.07) is 14.5. The van der Waals surface area contributed by atoms with Crippen LogP contribution in [0.15, 0.2) is 53.0 Å². The summed E-state index contributed by atoms with van der Waals surface area (Å²) in [5, 5.41) is 5.56. The summed E-state index contributed by atoms with van der Waals surface area (Å²) in [6.45, 7) is 3.30. The molecule has 0 heterocycles. The average Bonchev–Trinajstić information content (AvgIpc) is 2.54. The fraction of sp³-hybridized carbons (Fsp3) is 0.222. The molecule has 0 aromatic heterocycles. The minimum atomic E-state index is -0.198. The molecule has 0 aliphatic carbocycles. The van der Waals surface area contributed by atoms with Crippen LogP contribution in [-0.2, 0) is 9.59 Å². The van der Waals surface area contributed by atoms with E-state index in [1.807, 2.05) is 31.2 Å². The third kappa shape index (κ3) is 5.70. The molecule has 0 unspecified atom stereocenters. The summed E-state index contributed by atoms with van der Waals surface area (Å²) in [4.78, 5) is 22.9. The minimum absolute atomic E-state index is 0.0691. The topological polar surface area (TPSA) is 67.4 Å². The molecule has 0 radical (unpaired) electrons. The molecule has 2 rings (SSSR count). The van der Waals surface area contributed by atoms with Crippen LogP contribution >= 0.6 is 15.9 Å². The van der Waals surface area contributed by atoms with E-state index in [0.29, 0.717) is 11.4 Å². The number of amides is 2. The zero-order chi connectivity index (χ0) is 17.5. The van der Waals surface area contributed by atoms with Crippen molar-refractivity contribution in [2.24, 2.45) is 0 Å². The SMILES string of the molecule is CC(=O)Nc1ccc(OCC(=O)N[C@@H](C)c2ccc(Br)cc2)cc1. The molecule has 0 saturated heterocycles.